The molecule has 1 heterocycles. The van der Waals surface area contributed by atoms with Crippen LogP contribution in [0.3, 0.4) is 0 Å². The highest BCUT2D eigenvalue weighted by molar-refractivity contribution is 6.09. The van der Waals surface area contributed by atoms with Gasteiger partial charge in [-0.3, -0.25) is 0 Å². The maximum Gasteiger partial charge on any atom is 0.0541 e. The van der Waals surface area contributed by atoms with Crippen molar-refractivity contribution in [3.8, 4) is 50.2 Å². The third-order valence-corrected chi connectivity index (χ3v) is 12.6. The van der Waals surface area contributed by atoms with Gasteiger partial charge in [-0.2, -0.15) is 0 Å². The second kappa shape index (κ2) is 12.7. The van der Waals surface area contributed by atoms with Gasteiger partial charge in [0.15, 0.2) is 0 Å². The van der Waals surface area contributed by atoms with Crippen molar-refractivity contribution in [2.45, 2.75) is 11.8 Å². The Hall–Kier alpha value is -7.22. The van der Waals surface area contributed by atoms with E-state index in [-0.39, 0.29) is 11.8 Å². The fraction of sp³-hybridized carbons (Fsp3) is 0.0357. The molecule has 1 aromatic heterocycles. The lowest BCUT2D eigenvalue weighted by Gasteiger charge is -2.20. The molecule has 0 aliphatic heterocycles. The van der Waals surface area contributed by atoms with E-state index in [0.29, 0.717) is 0 Å². The molecule has 12 rings (SSSR count). The summed E-state index contributed by atoms with van der Waals surface area (Å²) in [4.78, 5) is 0. The number of benzene rings is 9. The van der Waals surface area contributed by atoms with Crippen LogP contribution in [0.25, 0.3) is 72.0 Å². The molecule has 1 unspecified atom stereocenters. The van der Waals surface area contributed by atoms with Gasteiger partial charge in [-0.05, 0) is 108 Å². The Morgan fingerprint density at radius 2 is 0.754 bits per heavy atom. The van der Waals surface area contributed by atoms with E-state index in [1.165, 1.54) is 105 Å². The zero-order chi connectivity index (χ0) is 37.5. The molecular formula is C56H37N. The van der Waals surface area contributed by atoms with Crippen LogP contribution >= 0.6 is 0 Å². The second-order valence-corrected chi connectivity index (χ2v) is 15.6. The molecule has 2 aliphatic rings. The molecule has 0 amide bonds. The summed E-state index contributed by atoms with van der Waals surface area (Å²) in [5.41, 5.74) is 22.1. The number of para-hydroxylation sites is 2. The Kier molecular flexibility index (Phi) is 7.12. The Balaban J connectivity index is 0.943. The van der Waals surface area contributed by atoms with Crippen LogP contribution in [-0.2, 0) is 0 Å². The number of aromatic nitrogens is 1. The highest BCUT2D eigenvalue weighted by atomic mass is 15.0. The first-order chi connectivity index (χ1) is 28.3. The Morgan fingerprint density at radius 1 is 0.281 bits per heavy atom. The first-order valence-corrected chi connectivity index (χ1v) is 20.0. The van der Waals surface area contributed by atoms with Crippen molar-refractivity contribution in [1.29, 1.82) is 0 Å². The van der Waals surface area contributed by atoms with E-state index >= 15 is 0 Å². The van der Waals surface area contributed by atoms with Gasteiger partial charge in [0.05, 0.1) is 11.0 Å². The molecule has 1 heteroatoms. The molecule has 57 heavy (non-hydrogen) atoms. The Labute approximate surface area is 332 Å². The molecule has 0 radical (unpaired) electrons. The third kappa shape index (κ3) is 4.89. The lowest BCUT2D eigenvalue weighted by atomic mass is 9.83. The monoisotopic (exact) mass is 723 g/mol. The quantitative estimate of drug-likeness (QED) is 0.167. The van der Waals surface area contributed by atoms with Crippen molar-refractivity contribution in [2.75, 3.05) is 0 Å². The summed E-state index contributed by atoms with van der Waals surface area (Å²) in [6.07, 6.45) is 0. The number of hydrogen-bond donors (Lipinski definition) is 0. The van der Waals surface area contributed by atoms with Crippen molar-refractivity contribution in [3.63, 3.8) is 0 Å². The fourth-order valence-corrected chi connectivity index (χ4v) is 10.1. The van der Waals surface area contributed by atoms with Gasteiger partial charge in [0, 0.05) is 28.3 Å². The van der Waals surface area contributed by atoms with E-state index in [4.69, 9.17) is 0 Å². The lowest BCUT2D eigenvalue weighted by molar-refractivity contribution is 1.01. The average Bonchev–Trinajstić information content (AvgIpc) is 3.92. The summed E-state index contributed by atoms with van der Waals surface area (Å²) in [5, 5.41) is 2.57. The molecule has 1 nitrogen and oxygen atoms in total. The standard InChI is InChI=1S/C56H37N/c1-2-14-36(15-3-1)39-30-32-49-51(34-39)42-17-5-8-22-47(42)55(49)38-28-26-37(27-29-38)41-16-4-7-21-46(41)56-48-23-9-6-18-43(48)52-35-40(31-33-50(52)56)57-53-24-12-10-19-44(53)45-20-11-13-25-54(45)57/h1-35,55-56H/t55-,56?/m0/s1. The van der Waals surface area contributed by atoms with Crippen LogP contribution in [0.15, 0.2) is 212 Å². The molecule has 2 atom stereocenters. The summed E-state index contributed by atoms with van der Waals surface area (Å²) in [6, 6.07) is 78.9. The summed E-state index contributed by atoms with van der Waals surface area (Å²) < 4.78 is 2.43. The first kappa shape index (κ1) is 32.1. The van der Waals surface area contributed by atoms with Crippen molar-refractivity contribution in [2.24, 2.45) is 0 Å². The van der Waals surface area contributed by atoms with Crippen LogP contribution in [0.1, 0.15) is 45.2 Å². The third-order valence-electron chi connectivity index (χ3n) is 12.6. The summed E-state index contributed by atoms with van der Waals surface area (Å²) >= 11 is 0. The number of nitrogens with zero attached hydrogens (tertiary/aromatic N) is 1. The molecule has 2 aliphatic carbocycles. The van der Waals surface area contributed by atoms with E-state index in [0.717, 1.165) is 0 Å². The van der Waals surface area contributed by atoms with E-state index < -0.39 is 0 Å². The molecule has 0 saturated carbocycles. The first-order valence-electron chi connectivity index (χ1n) is 20.0. The predicted molar refractivity (Wildman–Crippen MR) is 237 cm³/mol. The topological polar surface area (TPSA) is 4.93 Å². The highest BCUT2D eigenvalue weighted by Gasteiger charge is 2.33. The van der Waals surface area contributed by atoms with E-state index in [1.54, 1.807) is 0 Å². The van der Waals surface area contributed by atoms with Crippen molar-refractivity contribution in [1.82, 2.24) is 4.57 Å². The molecule has 0 saturated heterocycles. The van der Waals surface area contributed by atoms with Crippen LogP contribution < -0.4 is 0 Å². The van der Waals surface area contributed by atoms with Crippen molar-refractivity contribution >= 4 is 21.8 Å². The second-order valence-electron chi connectivity index (χ2n) is 15.6. The average molecular weight is 724 g/mol. The summed E-state index contributed by atoms with van der Waals surface area (Å²) in [7, 11) is 0. The molecule has 0 bridgehead atoms. The molecule has 9 aromatic carbocycles. The molecular weight excluding hydrogens is 687 g/mol. The van der Waals surface area contributed by atoms with Gasteiger partial charge < -0.3 is 4.57 Å². The minimum atomic E-state index is 0.131. The molecule has 0 fully saturated rings. The minimum Gasteiger partial charge on any atom is -0.309 e. The lowest BCUT2D eigenvalue weighted by Crippen LogP contribution is -2.03. The van der Waals surface area contributed by atoms with Crippen molar-refractivity contribution in [3.05, 3.63) is 246 Å². The molecule has 266 valence electrons. The molecule has 0 spiro atoms. The van der Waals surface area contributed by atoms with Gasteiger partial charge in [0.1, 0.15) is 0 Å². The smallest absolute Gasteiger partial charge is 0.0541 e. The Bertz CT molecular complexity index is 3130. The van der Waals surface area contributed by atoms with Crippen LogP contribution in [0, 0.1) is 0 Å². The molecule has 10 aromatic rings. The maximum absolute atomic E-state index is 2.43. The number of rotatable bonds is 5. The zero-order valence-electron chi connectivity index (χ0n) is 31.3. The SMILES string of the molecule is c1ccc(-c2ccc3c(c2)-c2ccccc2[C@@H]3c2ccc(-c3ccccc3C3c4ccccc4-c4cc(-n5c6ccccc6c6ccccc65)ccc43)cc2)cc1. The minimum absolute atomic E-state index is 0.131. The van der Waals surface area contributed by atoms with E-state index in [2.05, 4.69) is 217 Å². The summed E-state index contributed by atoms with van der Waals surface area (Å²) in [5.74, 6) is 0.328. The van der Waals surface area contributed by atoms with Gasteiger partial charge in [-0.15, -0.1) is 0 Å². The number of hydrogen-bond acceptors (Lipinski definition) is 0. The van der Waals surface area contributed by atoms with Gasteiger partial charge in [-0.25, -0.2) is 0 Å². The van der Waals surface area contributed by atoms with Crippen molar-refractivity contribution < 1.29 is 0 Å². The number of fused-ring (bicyclic) bond motifs is 9. The maximum atomic E-state index is 2.43. The van der Waals surface area contributed by atoms with E-state index in [1.807, 2.05) is 0 Å². The predicted octanol–water partition coefficient (Wildman–Crippen LogP) is 14.4. The highest BCUT2D eigenvalue weighted by Crippen LogP contribution is 2.52. The van der Waals surface area contributed by atoms with Gasteiger partial charge in [-0.1, -0.05) is 182 Å². The molecule has 0 N–H and O–H groups in total. The summed E-state index contributed by atoms with van der Waals surface area (Å²) in [6.45, 7) is 0. The fourth-order valence-electron chi connectivity index (χ4n) is 10.1. The normalized spacial score (nSPS) is 15.0. The van der Waals surface area contributed by atoms with Gasteiger partial charge in [0.2, 0.25) is 0 Å². The van der Waals surface area contributed by atoms with E-state index in [9.17, 15) is 0 Å². The van der Waals surface area contributed by atoms with Crippen LogP contribution in [0.5, 0.6) is 0 Å². The van der Waals surface area contributed by atoms with Gasteiger partial charge in [0.25, 0.3) is 0 Å². The Morgan fingerprint density at radius 3 is 1.44 bits per heavy atom. The van der Waals surface area contributed by atoms with Gasteiger partial charge >= 0.3 is 0 Å². The largest absolute Gasteiger partial charge is 0.309 e. The van der Waals surface area contributed by atoms with Crippen LogP contribution in [-0.4, -0.2) is 4.57 Å². The van der Waals surface area contributed by atoms with Crippen LogP contribution in [0.2, 0.25) is 0 Å². The van der Waals surface area contributed by atoms with Crippen LogP contribution in [0.4, 0.5) is 0 Å². The zero-order valence-corrected chi connectivity index (χ0v) is 31.3.